The van der Waals surface area contributed by atoms with Gasteiger partial charge in [0.2, 0.25) is 11.9 Å². The van der Waals surface area contributed by atoms with Crippen molar-refractivity contribution in [2.24, 2.45) is 0 Å². The third kappa shape index (κ3) is 2.33. The van der Waals surface area contributed by atoms with Crippen LogP contribution in [0.3, 0.4) is 0 Å². The second-order valence-electron chi connectivity index (χ2n) is 5.33. The molecule has 1 N–H and O–H groups in total. The summed E-state index contributed by atoms with van der Waals surface area (Å²) in [6.07, 6.45) is 3.92. The first kappa shape index (κ1) is 13.2. The molecule has 20 heavy (non-hydrogen) atoms. The molecule has 2 fully saturated rings. The van der Waals surface area contributed by atoms with Crippen LogP contribution in [0.2, 0.25) is 0 Å². The van der Waals surface area contributed by atoms with Crippen LogP contribution in [0, 0.1) is 5.82 Å². The van der Waals surface area contributed by atoms with Crippen molar-refractivity contribution in [3.8, 4) is 0 Å². The SMILES string of the molecule is C[C@H]1NC(=O)COC12CCN(c1ncc(F)cn1)CC2. The van der Waals surface area contributed by atoms with E-state index in [4.69, 9.17) is 4.74 Å². The second kappa shape index (κ2) is 4.97. The summed E-state index contributed by atoms with van der Waals surface area (Å²) in [5, 5.41) is 2.94. The number of anilines is 1. The lowest BCUT2D eigenvalue weighted by Crippen LogP contribution is -2.62. The molecule has 0 bridgehead atoms. The minimum atomic E-state index is -0.436. The Kier molecular flexibility index (Phi) is 3.29. The van der Waals surface area contributed by atoms with Crippen molar-refractivity contribution in [1.82, 2.24) is 15.3 Å². The molecule has 1 spiro atoms. The van der Waals surface area contributed by atoms with Crippen LogP contribution in [0.5, 0.6) is 0 Å². The molecule has 108 valence electrons. The summed E-state index contributed by atoms with van der Waals surface area (Å²) in [5.74, 6) is 0.0374. The third-order valence-corrected chi connectivity index (χ3v) is 4.16. The van der Waals surface area contributed by atoms with Gasteiger partial charge in [0.05, 0.1) is 24.0 Å². The van der Waals surface area contributed by atoms with Crippen LogP contribution >= 0.6 is 0 Å². The van der Waals surface area contributed by atoms with Gasteiger partial charge in [-0.1, -0.05) is 0 Å². The molecule has 2 saturated heterocycles. The third-order valence-electron chi connectivity index (χ3n) is 4.16. The number of carbonyl (C=O) groups excluding carboxylic acids is 1. The Morgan fingerprint density at radius 1 is 1.40 bits per heavy atom. The molecular weight excluding hydrogens is 263 g/mol. The average Bonchev–Trinajstić information content (AvgIpc) is 2.45. The summed E-state index contributed by atoms with van der Waals surface area (Å²) >= 11 is 0. The van der Waals surface area contributed by atoms with E-state index in [0.717, 1.165) is 25.9 Å². The van der Waals surface area contributed by atoms with Gasteiger partial charge < -0.3 is 15.0 Å². The minimum Gasteiger partial charge on any atom is -0.363 e. The van der Waals surface area contributed by atoms with Crippen molar-refractivity contribution < 1.29 is 13.9 Å². The number of hydrogen-bond acceptors (Lipinski definition) is 5. The molecule has 7 heteroatoms. The maximum Gasteiger partial charge on any atom is 0.246 e. The fraction of sp³-hybridized carbons (Fsp3) is 0.615. The van der Waals surface area contributed by atoms with Gasteiger partial charge >= 0.3 is 0 Å². The first-order valence-electron chi connectivity index (χ1n) is 6.75. The molecule has 3 rings (SSSR count). The maximum absolute atomic E-state index is 12.8. The predicted molar refractivity (Wildman–Crippen MR) is 69.7 cm³/mol. The van der Waals surface area contributed by atoms with Gasteiger partial charge in [-0.15, -0.1) is 0 Å². The number of hydrogen-bond donors (Lipinski definition) is 1. The quantitative estimate of drug-likeness (QED) is 0.811. The molecule has 1 aromatic heterocycles. The van der Waals surface area contributed by atoms with Crippen LogP contribution in [-0.2, 0) is 9.53 Å². The summed E-state index contributed by atoms with van der Waals surface area (Å²) in [6, 6.07) is 0.0000335. The van der Waals surface area contributed by atoms with Gasteiger partial charge in [0, 0.05) is 13.1 Å². The van der Waals surface area contributed by atoms with E-state index in [0.29, 0.717) is 5.95 Å². The number of rotatable bonds is 1. The van der Waals surface area contributed by atoms with Gasteiger partial charge in [0.25, 0.3) is 0 Å². The van der Waals surface area contributed by atoms with E-state index in [1.54, 1.807) is 0 Å². The highest BCUT2D eigenvalue weighted by Gasteiger charge is 2.44. The predicted octanol–water partition coefficient (Wildman–Crippen LogP) is 0.490. The molecule has 2 aliphatic heterocycles. The molecule has 1 atom stereocenters. The highest BCUT2D eigenvalue weighted by atomic mass is 19.1. The number of amides is 1. The Hall–Kier alpha value is -1.76. The topological polar surface area (TPSA) is 67.3 Å². The van der Waals surface area contributed by atoms with Gasteiger partial charge in [-0.2, -0.15) is 0 Å². The van der Waals surface area contributed by atoms with Crippen LogP contribution < -0.4 is 10.2 Å². The summed E-state index contributed by atoms with van der Waals surface area (Å²) in [4.78, 5) is 21.3. The van der Waals surface area contributed by atoms with Crippen molar-refractivity contribution in [2.45, 2.75) is 31.4 Å². The minimum absolute atomic E-state index is 0.0000335. The number of halogens is 1. The second-order valence-corrected chi connectivity index (χ2v) is 5.33. The van der Waals surface area contributed by atoms with E-state index >= 15 is 0 Å². The Balaban J connectivity index is 1.67. The van der Waals surface area contributed by atoms with E-state index in [1.807, 2.05) is 11.8 Å². The van der Waals surface area contributed by atoms with Crippen molar-refractivity contribution in [3.05, 3.63) is 18.2 Å². The van der Waals surface area contributed by atoms with Gasteiger partial charge in [-0.3, -0.25) is 4.79 Å². The standard InChI is InChI=1S/C13H17FN4O2/c1-9-13(20-8-11(19)17-9)2-4-18(5-3-13)12-15-6-10(14)7-16-12/h6-7,9H,2-5,8H2,1H3,(H,17,19)/t9-/m1/s1. The fourth-order valence-electron chi connectivity index (χ4n) is 2.88. The molecule has 6 nitrogen and oxygen atoms in total. The number of piperidine rings is 1. The largest absolute Gasteiger partial charge is 0.363 e. The molecule has 2 aliphatic rings. The summed E-state index contributed by atoms with van der Waals surface area (Å²) in [7, 11) is 0. The zero-order valence-electron chi connectivity index (χ0n) is 11.3. The molecule has 0 aliphatic carbocycles. The first-order chi connectivity index (χ1) is 9.59. The number of ether oxygens (including phenoxy) is 1. The molecule has 0 aromatic carbocycles. The molecule has 1 aromatic rings. The monoisotopic (exact) mass is 280 g/mol. The molecular formula is C13H17FN4O2. The van der Waals surface area contributed by atoms with E-state index < -0.39 is 5.82 Å². The number of nitrogens with zero attached hydrogens (tertiary/aromatic N) is 3. The van der Waals surface area contributed by atoms with E-state index in [-0.39, 0.29) is 24.2 Å². The van der Waals surface area contributed by atoms with Crippen molar-refractivity contribution in [2.75, 3.05) is 24.6 Å². The van der Waals surface area contributed by atoms with Gasteiger partial charge in [0.1, 0.15) is 6.61 Å². The van der Waals surface area contributed by atoms with Crippen molar-refractivity contribution in [3.63, 3.8) is 0 Å². The van der Waals surface area contributed by atoms with E-state index in [1.165, 1.54) is 12.4 Å². The van der Waals surface area contributed by atoms with Crippen LogP contribution in [0.25, 0.3) is 0 Å². The Bertz CT molecular complexity index is 500. The lowest BCUT2D eigenvalue weighted by molar-refractivity contribution is -0.154. The molecule has 0 saturated carbocycles. The smallest absolute Gasteiger partial charge is 0.246 e. The molecule has 0 radical (unpaired) electrons. The zero-order chi connectivity index (χ0) is 14.2. The number of carbonyl (C=O) groups is 1. The maximum atomic E-state index is 12.8. The Morgan fingerprint density at radius 2 is 2.05 bits per heavy atom. The lowest BCUT2D eigenvalue weighted by Gasteiger charge is -2.47. The molecule has 0 unspecified atom stereocenters. The van der Waals surface area contributed by atoms with Crippen LogP contribution in [0.1, 0.15) is 19.8 Å². The van der Waals surface area contributed by atoms with Gasteiger partial charge in [0.15, 0.2) is 5.82 Å². The number of morpholine rings is 1. The zero-order valence-corrected chi connectivity index (χ0v) is 11.3. The van der Waals surface area contributed by atoms with Crippen molar-refractivity contribution >= 4 is 11.9 Å². The highest BCUT2D eigenvalue weighted by Crippen LogP contribution is 2.32. The highest BCUT2D eigenvalue weighted by molar-refractivity contribution is 5.78. The molecule has 3 heterocycles. The van der Waals surface area contributed by atoms with Crippen LogP contribution in [-0.4, -0.2) is 47.2 Å². The van der Waals surface area contributed by atoms with Gasteiger partial charge in [-0.25, -0.2) is 14.4 Å². The number of nitrogens with one attached hydrogen (secondary N) is 1. The summed E-state index contributed by atoms with van der Waals surface area (Å²) in [5.41, 5.74) is -0.301. The Labute approximate surface area is 116 Å². The van der Waals surface area contributed by atoms with Gasteiger partial charge in [-0.05, 0) is 19.8 Å². The lowest BCUT2D eigenvalue weighted by atomic mass is 9.84. The Morgan fingerprint density at radius 3 is 2.65 bits per heavy atom. The average molecular weight is 280 g/mol. The summed E-state index contributed by atoms with van der Waals surface area (Å²) in [6.45, 7) is 3.55. The van der Waals surface area contributed by atoms with E-state index in [9.17, 15) is 9.18 Å². The normalized spacial score (nSPS) is 25.6. The molecule has 1 amide bonds. The van der Waals surface area contributed by atoms with E-state index in [2.05, 4.69) is 15.3 Å². The summed E-state index contributed by atoms with van der Waals surface area (Å²) < 4.78 is 18.6. The van der Waals surface area contributed by atoms with Crippen LogP contribution in [0.15, 0.2) is 12.4 Å². The van der Waals surface area contributed by atoms with Crippen LogP contribution in [0.4, 0.5) is 10.3 Å². The van der Waals surface area contributed by atoms with Crippen molar-refractivity contribution in [1.29, 1.82) is 0 Å². The number of aromatic nitrogens is 2. The first-order valence-corrected chi connectivity index (χ1v) is 6.75. The fourth-order valence-corrected chi connectivity index (χ4v) is 2.88.